The molecule has 1 heterocycles. The Morgan fingerprint density at radius 2 is 1.88 bits per heavy atom. The first-order valence-corrected chi connectivity index (χ1v) is 9.45. The third-order valence-electron chi connectivity index (χ3n) is 3.64. The maximum Gasteiger partial charge on any atom is 0.238 e. The molecule has 1 atom stereocenters. The van der Waals surface area contributed by atoms with Crippen molar-refractivity contribution in [1.82, 2.24) is 0 Å². The molecule has 0 aromatic rings. The van der Waals surface area contributed by atoms with E-state index in [1.54, 1.807) is 0 Å². The Morgan fingerprint density at radius 1 is 1.25 bits per heavy atom. The van der Waals surface area contributed by atoms with Gasteiger partial charge in [0.2, 0.25) is 9.05 Å². The van der Waals surface area contributed by atoms with E-state index in [4.69, 9.17) is 10.7 Å². The van der Waals surface area contributed by atoms with Gasteiger partial charge in [-0.2, -0.15) is 0 Å². The lowest BCUT2D eigenvalue weighted by Gasteiger charge is -2.25. The second kappa shape index (κ2) is 3.85. The fraction of sp³-hybridized carbons (Fsp3) is 1.00. The van der Waals surface area contributed by atoms with Gasteiger partial charge in [0.25, 0.3) is 0 Å². The fourth-order valence-electron chi connectivity index (χ4n) is 2.35. The van der Waals surface area contributed by atoms with E-state index < -0.39 is 28.9 Å². The van der Waals surface area contributed by atoms with Crippen LogP contribution in [0.3, 0.4) is 0 Å². The van der Waals surface area contributed by atoms with Gasteiger partial charge in [-0.05, 0) is 32.1 Å². The summed E-state index contributed by atoms with van der Waals surface area (Å²) in [6.07, 6.45) is 3.34. The first-order chi connectivity index (χ1) is 7.27. The first kappa shape index (κ1) is 12.6. The average Bonchev–Trinajstić information content (AvgIpc) is 2.88. The van der Waals surface area contributed by atoms with Crippen LogP contribution in [0.15, 0.2) is 0 Å². The van der Waals surface area contributed by atoms with Crippen LogP contribution in [0.25, 0.3) is 0 Å². The average molecular weight is 287 g/mol. The van der Waals surface area contributed by atoms with Gasteiger partial charge in [-0.25, -0.2) is 16.8 Å². The van der Waals surface area contributed by atoms with Crippen molar-refractivity contribution in [2.45, 2.75) is 48.5 Å². The summed E-state index contributed by atoms with van der Waals surface area (Å²) in [5, 5.41) is -0.503. The minimum atomic E-state index is -3.63. The Kier molecular flexibility index (Phi) is 3.04. The van der Waals surface area contributed by atoms with Crippen molar-refractivity contribution in [3.63, 3.8) is 0 Å². The summed E-state index contributed by atoms with van der Waals surface area (Å²) in [5.74, 6) is 0.191. The van der Waals surface area contributed by atoms with Crippen LogP contribution in [0.1, 0.15) is 38.5 Å². The molecule has 0 N–H and O–H groups in total. The molecular formula is C9H15ClO4S2. The van der Waals surface area contributed by atoms with E-state index in [0.29, 0.717) is 25.7 Å². The molecule has 1 saturated heterocycles. The Bertz CT molecular complexity index is 476. The van der Waals surface area contributed by atoms with Gasteiger partial charge in [0.05, 0.1) is 15.7 Å². The van der Waals surface area contributed by atoms with Crippen molar-refractivity contribution in [3.05, 3.63) is 0 Å². The van der Waals surface area contributed by atoms with Crippen LogP contribution in [-0.2, 0) is 18.9 Å². The maximum atomic E-state index is 11.8. The van der Waals surface area contributed by atoms with Gasteiger partial charge in [-0.3, -0.25) is 0 Å². The van der Waals surface area contributed by atoms with Crippen molar-refractivity contribution >= 4 is 29.6 Å². The summed E-state index contributed by atoms with van der Waals surface area (Å²) in [6.45, 7) is 0. The highest BCUT2D eigenvalue weighted by molar-refractivity contribution is 8.15. The molecule has 1 aliphatic carbocycles. The second-order valence-corrected chi connectivity index (χ2v) is 10.2. The SMILES string of the molecule is O=S1(=O)CCCCC1CC1(S(=O)(=O)Cl)CC1. The molecule has 0 radical (unpaired) electrons. The van der Waals surface area contributed by atoms with E-state index in [-0.39, 0.29) is 12.2 Å². The maximum absolute atomic E-state index is 11.8. The molecule has 94 valence electrons. The Labute approximate surface area is 101 Å². The normalized spacial score (nSPS) is 32.2. The minimum absolute atomic E-state index is 0.191. The topological polar surface area (TPSA) is 68.3 Å². The van der Waals surface area contributed by atoms with Crippen molar-refractivity contribution in [1.29, 1.82) is 0 Å². The van der Waals surface area contributed by atoms with Crippen LogP contribution < -0.4 is 0 Å². The summed E-state index contributed by atoms with van der Waals surface area (Å²) in [4.78, 5) is 0. The molecule has 7 heteroatoms. The molecular weight excluding hydrogens is 272 g/mol. The number of sulfone groups is 1. The third kappa shape index (κ3) is 2.24. The van der Waals surface area contributed by atoms with Gasteiger partial charge in [-0.1, -0.05) is 6.42 Å². The Morgan fingerprint density at radius 3 is 2.31 bits per heavy atom. The van der Waals surface area contributed by atoms with Gasteiger partial charge in [0.1, 0.15) is 0 Å². The van der Waals surface area contributed by atoms with E-state index in [2.05, 4.69) is 0 Å². The van der Waals surface area contributed by atoms with E-state index in [9.17, 15) is 16.8 Å². The predicted octanol–water partition coefficient (Wildman–Crippen LogP) is 1.45. The number of rotatable bonds is 3. The smallest absolute Gasteiger partial charge is 0.229 e. The Balaban J connectivity index is 2.16. The Hall–Kier alpha value is 0.190. The molecule has 1 unspecified atom stereocenters. The zero-order chi connectivity index (χ0) is 12.0. The van der Waals surface area contributed by atoms with Gasteiger partial charge >= 0.3 is 0 Å². The van der Waals surface area contributed by atoms with Crippen LogP contribution in [0.5, 0.6) is 0 Å². The lowest BCUT2D eigenvalue weighted by Crippen LogP contribution is -2.34. The highest BCUT2D eigenvalue weighted by Crippen LogP contribution is 2.50. The number of hydrogen-bond donors (Lipinski definition) is 0. The summed E-state index contributed by atoms with van der Waals surface area (Å²) < 4.78 is 45.4. The van der Waals surface area contributed by atoms with E-state index in [0.717, 1.165) is 6.42 Å². The van der Waals surface area contributed by atoms with Crippen LogP contribution >= 0.6 is 10.7 Å². The van der Waals surface area contributed by atoms with E-state index in [1.165, 1.54) is 0 Å². The van der Waals surface area contributed by atoms with Gasteiger partial charge in [0.15, 0.2) is 9.84 Å². The van der Waals surface area contributed by atoms with Gasteiger partial charge < -0.3 is 0 Å². The highest BCUT2D eigenvalue weighted by Gasteiger charge is 2.56. The summed E-state index contributed by atoms with van der Waals surface area (Å²) >= 11 is 0. The van der Waals surface area contributed by atoms with E-state index in [1.807, 2.05) is 0 Å². The summed E-state index contributed by atoms with van der Waals surface area (Å²) in [6, 6.07) is 0. The van der Waals surface area contributed by atoms with Crippen molar-refractivity contribution in [3.8, 4) is 0 Å². The molecule has 0 spiro atoms. The molecule has 4 nitrogen and oxygen atoms in total. The quantitative estimate of drug-likeness (QED) is 0.736. The number of halogens is 1. The summed E-state index contributed by atoms with van der Waals surface area (Å²) in [5.41, 5.74) is 0. The van der Waals surface area contributed by atoms with Gasteiger partial charge in [-0.15, -0.1) is 0 Å². The summed E-state index contributed by atoms with van der Waals surface area (Å²) in [7, 11) is -1.36. The predicted molar refractivity (Wildman–Crippen MR) is 62.8 cm³/mol. The monoisotopic (exact) mass is 286 g/mol. The van der Waals surface area contributed by atoms with Gasteiger partial charge in [0, 0.05) is 10.7 Å². The molecule has 1 aliphatic heterocycles. The number of hydrogen-bond acceptors (Lipinski definition) is 4. The lowest BCUT2D eigenvalue weighted by atomic mass is 10.1. The minimum Gasteiger partial charge on any atom is -0.229 e. The molecule has 2 fully saturated rings. The molecule has 0 bridgehead atoms. The van der Waals surface area contributed by atoms with E-state index >= 15 is 0 Å². The van der Waals surface area contributed by atoms with Crippen LogP contribution in [0.2, 0.25) is 0 Å². The molecule has 0 aromatic heterocycles. The highest BCUT2D eigenvalue weighted by atomic mass is 35.7. The fourth-order valence-corrected chi connectivity index (χ4v) is 6.14. The van der Waals surface area contributed by atoms with Crippen LogP contribution in [-0.4, -0.2) is 32.6 Å². The van der Waals surface area contributed by atoms with Crippen molar-refractivity contribution < 1.29 is 16.8 Å². The van der Waals surface area contributed by atoms with Crippen molar-refractivity contribution in [2.75, 3.05) is 5.75 Å². The molecule has 0 aromatic carbocycles. The second-order valence-electron chi connectivity index (χ2n) is 4.81. The van der Waals surface area contributed by atoms with Crippen molar-refractivity contribution in [2.24, 2.45) is 0 Å². The zero-order valence-corrected chi connectivity index (χ0v) is 11.2. The standard InChI is InChI=1S/C9H15ClO4S2/c10-16(13,14)9(4-5-9)7-8-3-1-2-6-15(8,11)12/h8H,1-7H2. The van der Waals surface area contributed by atoms with Crippen LogP contribution in [0.4, 0.5) is 0 Å². The molecule has 0 amide bonds. The molecule has 16 heavy (non-hydrogen) atoms. The third-order valence-corrected chi connectivity index (χ3v) is 8.50. The lowest BCUT2D eigenvalue weighted by molar-refractivity contribution is 0.512. The van der Waals surface area contributed by atoms with Crippen LogP contribution in [0, 0.1) is 0 Å². The largest absolute Gasteiger partial charge is 0.238 e. The molecule has 2 rings (SSSR count). The zero-order valence-electron chi connectivity index (χ0n) is 8.85. The molecule has 1 saturated carbocycles. The molecule has 2 aliphatic rings. The first-order valence-electron chi connectivity index (χ1n) is 5.43.